The van der Waals surface area contributed by atoms with Crippen molar-refractivity contribution < 1.29 is 5.11 Å². The third kappa shape index (κ3) is 2.91. The molecule has 0 radical (unpaired) electrons. The molecular formula is C27H39N3O. The fourth-order valence-corrected chi connectivity index (χ4v) is 10.0. The van der Waals surface area contributed by atoms with E-state index in [1.54, 1.807) is 6.20 Å². The Labute approximate surface area is 187 Å². The second-order valence-corrected chi connectivity index (χ2v) is 12.1. The van der Waals surface area contributed by atoms with Crippen LogP contribution in [0.15, 0.2) is 12.4 Å². The second-order valence-electron chi connectivity index (χ2n) is 12.1. The largest absolute Gasteiger partial charge is 0.390 e. The van der Waals surface area contributed by atoms with E-state index in [0.29, 0.717) is 22.8 Å². The van der Waals surface area contributed by atoms with Gasteiger partial charge in [0, 0.05) is 12.7 Å². The molecule has 6 rings (SSSR count). The molecule has 0 spiro atoms. The van der Waals surface area contributed by atoms with Gasteiger partial charge in [0.1, 0.15) is 6.07 Å². The Hall–Kier alpha value is -1.34. The molecule has 0 aromatic carbocycles. The third-order valence-corrected chi connectivity index (χ3v) is 11.3. The molecule has 4 nitrogen and oxygen atoms in total. The van der Waals surface area contributed by atoms with Crippen LogP contribution in [0.5, 0.6) is 0 Å². The topological polar surface area (TPSA) is 61.8 Å². The Kier molecular flexibility index (Phi) is 4.63. The minimum Gasteiger partial charge on any atom is -0.390 e. The first-order chi connectivity index (χ1) is 15.0. The van der Waals surface area contributed by atoms with E-state index in [9.17, 15) is 5.11 Å². The lowest BCUT2D eigenvalue weighted by atomic mass is 9.48. The molecule has 4 heteroatoms. The van der Waals surface area contributed by atoms with Crippen LogP contribution >= 0.6 is 0 Å². The van der Waals surface area contributed by atoms with Crippen molar-refractivity contribution in [2.75, 3.05) is 0 Å². The molecule has 10 atom stereocenters. The maximum Gasteiger partial charge on any atom is 0.102 e. The van der Waals surface area contributed by atoms with E-state index in [1.165, 1.54) is 51.4 Å². The Balaban J connectivity index is 1.21. The standard InChI is InChI=1S/C27H39N3O/c1-3-26-10-8-19-20-9-11-27(31)12-25(27)22(20)5-4-21(19)24(26)7-6-23(26)17(2)15-30-16-18(13-28)14-29-30/h14,16-17,19-25,31H,3-12,15H2,1-2H3/t17-,19-,20-,21-,22+,23-,24+,25?,26-,27+/m1/s1. The van der Waals surface area contributed by atoms with Crippen molar-refractivity contribution in [2.24, 2.45) is 52.8 Å². The van der Waals surface area contributed by atoms with E-state index in [4.69, 9.17) is 5.26 Å². The van der Waals surface area contributed by atoms with Crippen LogP contribution in [-0.2, 0) is 6.54 Å². The van der Waals surface area contributed by atoms with E-state index in [0.717, 1.165) is 54.9 Å². The SMILES string of the molecule is CC[C@]12CC[C@@H]3[C@H]4CC[C@]5(O)CC5[C@H]4CC[C@H]3[C@@H]1CC[C@@H]2[C@H](C)Cn1cc(C#N)cn1. The zero-order valence-corrected chi connectivity index (χ0v) is 19.3. The first-order valence-electron chi connectivity index (χ1n) is 13.1. The third-order valence-electron chi connectivity index (χ3n) is 11.3. The quantitative estimate of drug-likeness (QED) is 0.707. The van der Waals surface area contributed by atoms with Gasteiger partial charge in [-0.1, -0.05) is 13.8 Å². The van der Waals surface area contributed by atoms with Crippen LogP contribution in [0.3, 0.4) is 0 Å². The predicted octanol–water partition coefficient (Wildman–Crippen LogP) is 5.41. The molecule has 0 amide bonds. The summed E-state index contributed by atoms with van der Waals surface area (Å²) in [5, 5.41) is 24.3. The summed E-state index contributed by atoms with van der Waals surface area (Å²) in [6.07, 6.45) is 16.9. The number of hydrogen-bond acceptors (Lipinski definition) is 3. The summed E-state index contributed by atoms with van der Waals surface area (Å²) in [5.41, 5.74) is 0.948. The van der Waals surface area contributed by atoms with Crippen LogP contribution in [0.4, 0.5) is 0 Å². The van der Waals surface area contributed by atoms with Gasteiger partial charge in [0.25, 0.3) is 0 Å². The minimum absolute atomic E-state index is 0.248. The summed E-state index contributed by atoms with van der Waals surface area (Å²) in [5.74, 6) is 6.58. The van der Waals surface area contributed by atoms with E-state index in [-0.39, 0.29) is 5.60 Å². The number of nitrogens with zero attached hydrogens (tertiary/aromatic N) is 3. The zero-order chi connectivity index (χ0) is 21.4. The molecule has 5 aliphatic rings. The van der Waals surface area contributed by atoms with Crippen molar-refractivity contribution in [1.29, 1.82) is 5.26 Å². The molecule has 168 valence electrons. The summed E-state index contributed by atoms with van der Waals surface area (Å²) in [6, 6.07) is 2.22. The van der Waals surface area contributed by atoms with Crippen molar-refractivity contribution in [2.45, 2.75) is 90.2 Å². The molecule has 0 saturated heterocycles. The van der Waals surface area contributed by atoms with Crippen molar-refractivity contribution in [3.8, 4) is 6.07 Å². The fourth-order valence-electron chi connectivity index (χ4n) is 10.0. The first-order valence-corrected chi connectivity index (χ1v) is 13.1. The number of rotatable bonds is 4. The summed E-state index contributed by atoms with van der Waals surface area (Å²) < 4.78 is 2.01. The normalized spacial score (nSPS) is 48.6. The van der Waals surface area contributed by atoms with Gasteiger partial charge in [-0.15, -0.1) is 0 Å². The smallest absolute Gasteiger partial charge is 0.102 e. The predicted molar refractivity (Wildman–Crippen MR) is 120 cm³/mol. The van der Waals surface area contributed by atoms with Crippen LogP contribution in [0, 0.1) is 64.1 Å². The van der Waals surface area contributed by atoms with Gasteiger partial charge in [0.15, 0.2) is 0 Å². The lowest BCUT2D eigenvalue weighted by Crippen LogP contribution is -2.50. The highest BCUT2D eigenvalue weighted by molar-refractivity contribution is 5.21. The maximum absolute atomic E-state index is 10.7. The molecule has 5 saturated carbocycles. The highest BCUT2D eigenvalue weighted by atomic mass is 16.3. The van der Waals surface area contributed by atoms with Crippen LogP contribution < -0.4 is 0 Å². The Bertz CT molecular complexity index is 887. The lowest BCUT2D eigenvalue weighted by molar-refractivity contribution is -0.0926. The van der Waals surface area contributed by atoms with Crippen LogP contribution in [0.25, 0.3) is 0 Å². The van der Waals surface area contributed by atoms with E-state index < -0.39 is 0 Å². The zero-order valence-electron chi connectivity index (χ0n) is 19.3. The van der Waals surface area contributed by atoms with Gasteiger partial charge >= 0.3 is 0 Å². The van der Waals surface area contributed by atoms with Crippen molar-refractivity contribution in [1.82, 2.24) is 9.78 Å². The van der Waals surface area contributed by atoms with Gasteiger partial charge in [-0.05, 0) is 117 Å². The van der Waals surface area contributed by atoms with Crippen LogP contribution in [0.1, 0.15) is 83.6 Å². The van der Waals surface area contributed by atoms with Gasteiger partial charge in [-0.3, -0.25) is 4.68 Å². The molecule has 5 fully saturated rings. The van der Waals surface area contributed by atoms with E-state index in [1.807, 2.05) is 10.9 Å². The number of aromatic nitrogens is 2. The van der Waals surface area contributed by atoms with Crippen molar-refractivity contribution >= 4 is 0 Å². The molecule has 1 unspecified atom stereocenters. The van der Waals surface area contributed by atoms with E-state index in [2.05, 4.69) is 25.0 Å². The molecule has 1 N–H and O–H groups in total. The minimum atomic E-state index is -0.248. The monoisotopic (exact) mass is 421 g/mol. The first kappa shape index (κ1) is 20.3. The average Bonchev–Trinajstić information content (AvgIpc) is 3.11. The summed E-state index contributed by atoms with van der Waals surface area (Å²) >= 11 is 0. The number of nitriles is 1. The molecule has 5 aliphatic carbocycles. The van der Waals surface area contributed by atoms with Crippen LogP contribution in [-0.4, -0.2) is 20.5 Å². The molecule has 0 bridgehead atoms. The number of aliphatic hydroxyl groups is 1. The average molecular weight is 422 g/mol. The van der Waals surface area contributed by atoms with Gasteiger partial charge < -0.3 is 5.11 Å². The number of hydrogen-bond donors (Lipinski definition) is 1. The summed E-state index contributed by atoms with van der Waals surface area (Å²) in [7, 11) is 0. The maximum atomic E-state index is 10.7. The highest BCUT2D eigenvalue weighted by Crippen LogP contribution is 2.70. The Morgan fingerprint density at radius 2 is 1.84 bits per heavy atom. The lowest BCUT2D eigenvalue weighted by Gasteiger charge is -2.57. The van der Waals surface area contributed by atoms with Gasteiger partial charge in [0.05, 0.1) is 17.4 Å². The molecular weight excluding hydrogens is 382 g/mol. The Morgan fingerprint density at radius 1 is 1.10 bits per heavy atom. The van der Waals surface area contributed by atoms with Gasteiger partial charge in [-0.2, -0.15) is 10.4 Å². The van der Waals surface area contributed by atoms with E-state index >= 15 is 0 Å². The Morgan fingerprint density at radius 3 is 2.55 bits per heavy atom. The van der Waals surface area contributed by atoms with Crippen molar-refractivity contribution in [3.05, 3.63) is 18.0 Å². The molecule has 1 aromatic heterocycles. The molecule has 1 aromatic rings. The fraction of sp³-hybridized carbons (Fsp3) is 0.852. The molecule has 31 heavy (non-hydrogen) atoms. The second kappa shape index (κ2) is 7.08. The molecule has 1 heterocycles. The van der Waals surface area contributed by atoms with Crippen LogP contribution in [0.2, 0.25) is 0 Å². The van der Waals surface area contributed by atoms with Crippen molar-refractivity contribution in [3.63, 3.8) is 0 Å². The summed E-state index contributed by atoms with van der Waals surface area (Å²) in [6.45, 7) is 5.85. The number of fused-ring (bicyclic) bond motifs is 7. The van der Waals surface area contributed by atoms with Gasteiger partial charge in [0.2, 0.25) is 0 Å². The molecule has 0 aliphatic heterocycles. The summed E-state index contributed by atoms with van der Waals surface area (Å²) in [4.78, 5) is 0. The highest BCUT2D eigenvalue weighted by Gasteiger charge is 2.65. The van der Waals surface area contributed by atoms with Gasteiger partial charge in [-0.25, -0.2) is 0 Å².